The molecule has 0 aromatic carbocycles. The van der Waals surface area contributed by atoms with Gasteiger partial charge in [-0.3, -0.25) is 4.79 Å². The van der Waals surface area contributed by atoms with Gasteiger partial charge in [0.25, 0.3) is 0 Å². The average Bonchev–Trinajstić information content (AvgIpc) is 2.00. The van der Waals surface area contributed by atoms with Crippen molar-refractivity contribution in [2.75, 3.05) is 6.54 Å². The SMILES string of the molecule is N#CCC(=O)/C(C#N)=C\CN. The zero-order chi connectivity index (χ0) is 8.69. The maximum absolute atomic E-state index is 10.8. The van der Waals surface area contributed by atoms with E-state index in [-0.39, 0.29) is 18.5 Å². The highest BCUT2D eigenvalue weighted by Crippen LogP contribution is 1.96. The first-order valence-electron chi connectivity index (χ1n) is 2.96. The lowest BCUT2D eigenvalue weighted by Crippen LogP contribution is -2.03. The van der Waals surface area contributed by atoms with Crippen molar-refractivity contribution in [1.82, 2.24) is 0 Å². The lowest BCUT2D eigenvalue weighted by molar-refractivity contribution is -0.114. The van der Waals surface area contributed by atoms with E-state index in [2.05, 4.69) is 0 Å². The molecule has 0 atom stereocenters. The van der Waals surface area contributed by atoms with E-state index in [9.17, 15) is 4.79 Å². The lowest BCUT2D eigenvalue weighted by Gasteiger charge is -1.89. The maximum atomic E-state index is 10.8. The largest absolute Gasteiger partial charge is 0.327 e. The molecule has 0 spiro atoms. The Labute approximate surface area is 64.5 Å². The molecule has 0 saturated carbocycles. The van der Waals surface area contributed by atoms with Gasteiger partial charge >= 0.3 is 0 Å². The Kier molecular flexibility index (Phi) is 4.39. The summed E-state index contributed by atoms with van der Waals surface area (Å²) >= 11 is 0. The highest BCUT2D eigenvalue weighted by atomic mass is 16.1. The number of hydrogen-bond acceptors (Lipinski definition) is 4. The van der Waals surface area contributed by atoms with Gasteiger partial charge in [0, 0.05) is 6.54 Å². The zero-order valence-electron chi connectivity index (χ0n) is 5.87. The molecule has 0 bridgehead atoms. The third-order valence-electron chi connectivity index (χ3n) is 0.982. The molecule has 4 nitrogen and oxygen atoms in total. The molecule has 0 aromatic heterocycles. The molecule has 0 unspecified atom stereocenters. The summed E-state index contributed by atoms with van der Waals surface area (Å²) in [4.78, 5) is 10.8. The van der Waals surface area contributed by atoms with E-state index in [1.165, 1.54) is 6.08 Å². The van der Waals surface area contributed by atoms with Gasteiger partial charge in [-0.15, -0.1) is 0 Å². The van der Waals surface area contributed by atoms with E-state index in [1.807, 2.05) is 0 Å². The summed E-state index contributed by atoms with van der Waals surface area (Å²) in [6.07, 6.45) is 1.04. The fourth-order valence-corrected chi connectivity index (χ4v) is 0.507. The van der Waals surface area contributed by atoms with E-state index in [0.29, 0.717) is 0 Å². The van der Waals surface area contributed by atoms with Crippen LogP contribution < -0.4 is 5.73 Å². The van der Waals surface area contributed by atoms with Gasteiger partial charge in [0.2, 0.25) is 0 Å². The van der Waals surface area contributed by atoms with Crippen LogP contribution in [0.1, 0.15) is 6.42 Å². The van der Waals surface area contributed by atoms with Crippen molar-refractivity contribution in [3.8, 4) is 12.1 Å². The molecule has 2 N–H and O–H groups in total. The van der Waals surface area contributed by atoms with E-state index >= 15 is 0 Å². The first-order chi connectivity index (χ1) is 5.26. The van der Waals surface area contributed by atoms with Crippen molar-refractivity contribution >= 4 is 5.78 Å². The average molecular weight is 149 g/mol. The molecular weight excluding hydrogens is 142 g/mol. The van der Waals surface area contributed by atoms with Gasteiger partial charge in [-0.25, -0.2) is 0 Å². The van der Waals surface area contributed by atoms with E-state index < -0.39 is 5.78 Å². The Morgan fingerprint density at radius 1 is 1.55 bits per heavy atom. The Hall–Kier alpha value is -1.65. The van der Waals surface area contributed by atoms with E-state index in [1.54, 1.807) is 12.1 Å². The number of allylic oxidation sites excluding steroid dienone is 1. The third kappa shape index (κ3) is 3.14. The van der Waals surface area contributed by atoms with Gasteiger partial charge in [-0.1, -0.05) is 0 Å². The molecule has 4 heteroatoms. The Morgan fingerprint density at radius 3 is 2.55 bits per heavy atom. The van der Waals surface area contributed by atoms with Crippen molar-refractivity contribution in [2.45, 2.75) is 6.42 Å². The number of nitrogens with two attached hydrogens (primary N) is 1. The summed E-state index contributed by atoms with van der Waals surface area (Å²) in [6, 6.07) is 3.33. The van der Waals surface area contributed by atoms with Gasteiger partial charge in [0.05, 0.1) is 18.1 Å². The second-order valence-electron chi connectivity index (χ2n) is 1.72. The Morgan fingerprint density at radius 2 is 2.18 bits per heavy atom. The van der Waals surface area contributed by atoms with Crippen LogP contribution in [0.2, 0.25) is 0 Å². The zero-order valence-corrected chi connectivity index (χ0v) is 5.87. The molecule has 11 heavy (non-hydrogen) atoms. The molecule has 0 aliphatic heterocycles. The van der Waals surface area contributed by atoms with Crippen LogP contribution in [0.25, 0.3) is 0 Å². The van der Waals surface area contributed by atoms with Gasteiger partial charge in [-0.05, 0) is 6.08 Å². The van der Waals surface area contributed by atoms with Crippen molar-refractivity contribution in [3.63, 3.8) is 0 Å². The molecule has 0 saturated heterocycles. The van der Waals surface area contributed by atoms with Gasteiger partial charge in [-0.2, -0.15) is 10.5 Å². The summed E-state index contributed by atoms with van der Waals surface area (Å²) in [5, 5.41) is 16.5. The van der Waals surface area contributed by atoms with E-state index in [0.717, 1.165) is 0 Å². The molecule has 56 valence electrons. The minimum atomic E-state index is -0.472. The van der Waals surface area contributed by atoms with Crippen LogP contribution in [0.5, 0.6) is 0 Å². The smallest absolute Gasteiger partial charge is 0.187 e. The van der Waals surface area contributed by atoms with E-state index in [4.69, 9.17) is 16.3 Å². The number of hydrogen-bond donors (Lipinski definition) is 1. The van der Waals surface area contributed by atoms with Crippen LogP contribution in [-0.4, -0.2) is 12.3 Å². The van der Waals surface area contributed by atoms with Crippen LogP contribution >= 0.6 is 0 Å². The summed E-state index contributed by atoms with van der Waals surface area (Å²) in [6.45, 7) is 0.139. The van der Waals surface area contributed by atoms with Gasteiger partial charge < -0.3 is 5.73 Å². The summed E-state index contributed by atoms with van der Waals surface area (Å²) in [7, 11) is 0. The van der Waals surface area contributed by atoms with Crippen LogP contribution in [-0.2, 0) is 4.79 Å². The van der Waals surface area contributed by atoms with Crippen molar-refractivity contribution in [2.24, 2.45) is 5.73 Å². The molecule has 0 fully saturated rings. The van der Waals surface area contributed by atoms with Crippen LogP contribution in [0.3, 0.4) is 0 Å². The fraction of sp³-hybridized carbons (Fsp3) is 0.286. The minimum Gasteiger partial charge on any atom is -0.327 e. The monoisotopic (exact) mass is 149 g/mol. The standard InChI is InChI=1S/C7H7N3O/c8-3-1-6(5-10)7(11)2-4-9/h1H,2-3,8H2/b6-1-. The number of Topliss-reactive ketones (excluding diaryl/α,β-unsaturated/α-hetero) is 1. The highest BCUT2D eigenvalue weighted by Gasteiger charge is 2.06. The second kappa shape index (κ2) is 5.16. The van der Waals surface area contributed by atoms with Crippen molar-refractivity contribution < 1.29 is 4.79 Å². The normalized spacial score (nSPS) is 9.91. The fourth-order valence-electron chi connectivity index (χ4n) is 0.507. The molecule has 0 aromatic rings. The van der Waals surface area contributed by atoms with Crippen LogP contribution in [0.15, 0.2) is 11.6 Å². The number of carbonyl (C=O) groups excluding carboxylic acids is 1. The topological polar surface area (TPSA) is 90.7 Å². The number of nitriles is 2. The number of ketones is 1. The first kappa shape index (κ1) is 9.35. The molecular formula is C7H7N3O. The Bertz CT molecular complexity index is 254. The van der Waals surface area contributed by atoms with Gasteiger partial charge in [0.15, 0.2) is 5.78 Å². The predicted molar refractivity (Wildman–Crippen MR) is 38.0 cm³/mol. The summed E-state index contributed by atoms with van der Waals surface area (Å²) < 4.78 is 0. The van der Waals surface area contributed by atoms with Crippen molar-refractivity contribution in [3.05, 3.63) is 11.6 Å². The minimum absolute atomic E-state index is 0.0333. The quantitative estimate of drug-likeness (QED) is 0.447. The van der Waals surface area contributed by atoms with Crippen LogP contribution in [0.4, 0.5) is 0 Å². The first-order valence-corrected chi connectivity index (χ1v) is 2.96. The molecule has 0 radical (unpaired) electrons. The van der Waals surface area contributed by atoms with Gasteiger partial charge in [0.1, 0.15) is 6.07 Å². The number of nitrogens with zero attached hydrogens (tertiary/aromatic N) is 2. The molecule has 0 rings (SSSR count). The number of carbonyl (C=O) groups is 1. The molecule has 0 aliphatic carbocycles. The highest BCUT2D eigenvalue weighted by molar-refractivity contribution is 6.00. The molecule has 0 heterocycles. The Balaban J connectivity index is 4.33. The molecule has 0 amide bonds. The maximum Gasteiger partial charge on any atom is 0.187 e. The summed E-state index contributed by atoms with van der Waals surface area (Å²) in [5.74, 6) is -0.472. The predicted octanol–water partition coefficient (Wildman–Crippen LogP) is -0.122. The number of rotatable bonds is 3. The lowest BCUT2D eigenvalue weighted by atomic mass is 10.1. The second-order valence-corrected chi connectivity index (χ2v) is 1.72. The van der Waals surface area contributed by atoms with Crippen LogP contribution in [0, 0.1) is 22.7 Å². The molecule has 0 aliphatic rings. The van der Waals surface area contributed by atoms with Crippen molar-refractivity contribution in [1.29, 1.82) is 10.5 Å². The third-order valence-corrected chi connectivity index (χ3v) is 0.982. The summed E-state index contributed by atoms with van der Waals surface area (Å²) in [5.41, 5.74) is 5.04.